The van der Waals surface area contributed by atoms with E-state index in [0.29, 0.717) is 11.6 Å². The molecule has 0 radical (unpaired) electrons. The van der Waals surface area contributed by atoms with Gasteiger partial charge in [-0.3, -0.25) is 9.11 Å². The molecule has 10 rings (SSSR count). The molecule has 0 saturated carbocycles. The van der Waals surface area contributed by atoms with Crippen molar-refractivity contribution in [1.82, 2.24) is 19.9 Å². The molecule has 0 bridgehead atoms. The fourth-order valence-corrected chi connectivity index (χ4v) is 9.23. The van der Waals surface area contributed by atoms with Gasteiger partial charge in [0.25, 0.3) is 20.2 Å². The predicted octanol–water partition coefficient (Wildman–Crippen LogP) is 11.4. The van der Waals surface area contributed by atoms with Gasteiger partial charge in [0, 0.05) is 46.3 Å². The SMILES string of the molecule is O=S(=O)(O)c1cc(Nc2cc(Nc3ccccc3)nc(Nc3ccc4ccccc4c3)n2)ccc1/C=C/c1ccc(Nc2cc(Nc3ccccc3)nc(Nc3ccc4ccccc4c3)n2)cc1S(=O)(=O)O.[NaH].[NaH]. The Balaban J connectivity index is 0.00000364. The summed E-state index contributed by atoms with van der Waals surface area (Å²) in [5.41, 5.74) is 3.54. The van der Waals surface area contributed by atoms with Crippen LogP contribution in [0, 0.1) is 0 Å². The number of para-hydroxylation sites is 2. The van der Waals surface area contributed by atoms with Gasteiger partial charge in [-0.1, -0.05) is 121 Å². The van der Waals surface area contributed by atoms with E-state index in [1.165, 1.54) is 36.4 Å². The molecular formula is C54H44N10Na2O6S2. The van der Waals surface area contributed by atoms with E-state index in [0.717, 1.165) is 44.3 Å². The van der Waals surface area contributed by atoms with Crippen LogP contribution in [0.3, 0.4) is 0 Å². The summed E-state index contributed by atoms with van der Waals surface area (Å²) >= 11 is 0. The molecule has 0 saturated heterocycles. The van der Waals surface area contributed by atoms with E-state index in [9.17, 15) is 25.9 Å². The molecule has 0 aliphatic heterocycles. The predicted molar refractivity (Wildman–Crippen MR) is 300 cm³/mol. The fourth-order valence-electron chi connectivity index (χ4n) is 7.82. The Hall–Kier alpha value is -7.20. The molecule has 10 aromatic rings. The Morgan fingerprint density at radius 1 is 0.324 bits per heavy atom. The van der Waals surface area contributed by atoms with E-state index >= 15 is 0 Å². The number of hydrogen-bond acceptors (Lipinski definition) is 14. The molecule has 2 heterocycles. The number of rotatable bonds is 16. The Morgan fingerprint density at radius 3 is 1.00 bits per heavy atom. The van der Waals surface area contributed by atoms with Crippen LogP contribution >= 0.6 is 0 Å². The monoisotopic (exact) mass is 1040 g/mol. The topological polar surface area (TPSA) is 232 Å². The minimum atomic E-state index is -4.85. The summed E-state index contributed by atoms with van der Waals surface area (Å²) in [5, 5.41) is 23.5. The van der Waals surface area contributed by atoms with Crippen molar-refractivity contribution in [2.24, 2.45) is 0 Å². The van der Waals surface area contributed by atoms with Gasteiger partial charge in [-0.05, 0) is 105 Å². The van der Waals surface area contributed by atoms with Crippen LogP contribution in [0.5, 0.6) is 0 Å². The second-order valence-electron chi connectivity index (χ2n) is 16.3. The zero-order valence-corrected chi connectivity index (χ0v) is 39.4. The van der Waals surface area contributed by atoms with E-state index < -0.39 is 30.0 Å². The van der Waals surface area contributed by atoms with Crippen molar-refractivity contribution in [3.05, 3.63) is 205 Å². The first-order chi connectivity index (χ1) is 34.8. The second kappa shape index (κ2) is 23.3. The van der Waals surface area contributed by atoms with Crippen molar-refractivity contribution in [2.75, 3.05) is 31.9 Å². The number of aromatic nitrogens is 4. The summed E-state index contributed by atoms with van der Waals surface area (Å²) in [6.45, 7) is 0. The Morgan fingerprint density at radius 2 is 0.635 bits per heavy atom. The van der Waals surface area contributed by atoms with Crippen molar-refractivity contribution >= 4 is 182 Å². The molecule has 0 spiro atoms. The third kappa shape index (κ3) is 13.5. The molecular weight excluding hydrogens is 995 g/mol. The molecule has 0 atom stereocenters. The molecule has 8 aromatic carbocycles. The van der Waals surface area contributed by atoms with Crippen molar-refractivity contribution in [3.63, 3.8) is 0 Å². The van der Waals surface area contributed by atoms with Crippen molar-refractivity contribution in [2.45, 2.75) is 9.79 Å². The second-order valence-corrected chi connectivity index (χ2v) is 19.1. The molecule has 0 fully saturated rings. The third-order valence-corrected chi connectivity index (χ3v) is 12.9. The van der Waals surface area contributed by atoms with E-state index in [-0.39, 0.29) is 105 Å². The molecule has 0 aliphatic rings. The zero-order chi connectivity index (χ0) is 49.7. The number of nitrogens with one attached hydrogen (secondary N) is 6. The van der Waals surface area contributed by atoms with Gasteiger partial charge in [0.15, 0.2) is 0 Å². The number of anilines is 12. The number of benzene rings is 8. The van der Waals surface area contributed by atoms with Crippen LogP contribution in [0.4, 0.5) is 69.3 Å². The summed E-state index contributed by atoms with van der Waals surface area (Å²) in [5.74, 6) is 1.89. The molecule has 0 amide bonds. The number of hydrogen-bond donors (Lipinski definition) is 8. The van der Waals surface area contributed by atoms with Gasteiger partial charge < -0.3 is 31.9 Å². The molecule has 16 nitrogen and oxygen atoms in total. The first-order valence-corrected chi connectivity index (χ1v) is 25.1. The molecule has 20 heteroatoms. The molecule has 8 N–H and O–H groups in total. The molecule has 0 unspecified atom stereocenters. The van der Waals surface area contributed by atoms with Crippen LogP contribution < -0.4 is 31.9 Å². The van der Waals surface area contributed by atoms with Gasteiger partial charge in [0.1, 0.15) is 33.1 Å². The van der Waals surface area contributed by atoms with E-state index in [4.69, 9.17) is 0 Å². The van der Waals surface area contributed by atoms with Crippen LogP contribution in [0.25, 0.3) is 33.7 Å². The summed E-state index contributed by atoms with van der Waals surface area (Å²) in [6.07, 6.45) is 2.64. The summed E-state index contributed by atoms with van der Waals surface area (Å²) in [6, 6.07) is 58.1. The van der Waals surface area contributed by atoms with Gasteiger partial charge >= 0.3 is 59.1 Å². The van der Waals surface area contributed by atoms with Crippen LogP contribution in [0.2, 0.25) is 0 Å². The molecule has 74 heavy (non-hydrogen) atoms. The zero-order valence-electron chi connectivity index (χ0n) is 37.8. The van der Waals surface area contributed by atoms with Crippen LogP contribution in [0.1, 0.15) is 11.1 Å². The van der Waals surface area contributed by atoms with Crippen molar-refractivity contribution in [3.8, 4) is 0 Å². The molecule has 360 valence electrons. The molecule has 0 aliphatic carbocycles. The fraction of sp³-hybridized carbons (Fsp3) is 0. The summed E-state index contributed by atoms with van der Waals surface area (Å²) in [4.78, 5) is 17.7. The Kier molecular flexibility index (Phi) is 16.7. The van der Waals surface area contributed by atoms with Crippen molar-refractivity contribution in [1.29, 1.82) is 0 Å². The van der Waals surface area contributed by atoms with E-state index in [1.54, 1.807) is 24.3 Å². The normalized spacial score (nSPS) is 11.3. The van der Waals surface area contributed by atoms with Gasteiger partial charge in [-0.2, -0.15) is 36.8 Å². The average molecular weight is 1040 g/mol. The minimum absolute atomic E-state index is 0. The summed E-state index contributed by atoms with van der Waals surface area (Å²) < 4.78 is 72.6. The first-order valence-electron chi connectivity index (χ1n) is 22.2. The third-order valence-electron chi connectivity index (χ3n) is 11.1. The van der Waals surface area contributed by atoms with Crippen molar-refractivity contribution < 1.29 is 25.9 Å². The van der Waals surface area contributed by atoms with Gasteiger partial charge in [0.05, 0.1) is 0 Å². The van der Waals surface area contributed by atoms with Gasteiger partial charge in [0.2, 0.25) is 11.9 Å². The first kappa shape index (κ1) is 53.1. The summed E-state index contributed by atoms with van der Waals surface area (Å²) in [7, 11) is -9.71. The average Bonchev–Trinajstić information content (AvgIpc) is 3.36. The maximum atomic E-state index is 12.9. The van der Waals surface area contributed by atoms with E-state index in [2.05, 4.69) is 51.8 Å². The van der Waals surface area contributed by atoms with Crippen LogP contribution in [-0.2, 0) is 20.2 Å². The molecule has 2 aromatic heterocycles. The number of fused-ring (bicyclic) bond motifs is 2. The standard InChI is InChI=1S/C54H42N10O6S2.2Na.2H/c65-71(66,67)47-31-45(57-51-33-49(55-41-15-3-1-4-16-41)61-53(63-51)59-43-25-21-35-11-7-9-13-39(35)29-43)27-23-37(47)19-20-38-24-28-46(32-48(38)72(68,69)70)58-52-34-50(56-42-17-5-2-6-18-42)62-54(64-52)60-44-26-22-36-12-8-10-14-40(36)30-44;;;;/h1-34H,(H,65,66,67)(H,68,69,70)(H3,55,57,59,61,63)(H3,56,58,60,62,64);;;;/b20-19+;;;;. The van der Waals surface area contributed by atoms with Crippen LogP contribution in [0.15, 0.2) is 204 Å². The Labute approximate surface area is 470 Å². The van der Waals surface area contributed by atoms with Gasteiger partial charge in [-0.15, -0.1) is 0 Å². The quantitative estimate of drug-likeness (QED) is 0.0255. The van der Waals surface area contributed by atoms with E-state index in [1.807, 2.05) is 146 Å². The number of nitrogens with zero attached hydrogens (tertiary/aromatic N) is 4. The van der Waals surface area contributed by atoms with Gasteiger partial charge in [-0.25, -0.2) is 0 Å². The van der Waals surface area contributed by atoms with Crippen LogP contribution in [-0.4, -0.2) is 105 Å². The Bertz CT molecular complexity index is 3660. The maximum absolute atomic E-state index is 12.9.